The molecule has 1 atom stereocenters. The lowest BCUT2D eigenvalue weighted by Gasteiger charge is -2.33. The molecule has 7 nitrogen and oxygen atoms in total. The molecule has 4 rings (SSSR count). The number of aryl methyl sites for hydroxylation is 1. The highest BCUT2D eigenvalue weighted by Crippen LogP contribution is 2.31. The van der Waals surface area contributed by atoms with Gasteiger partial charge in [0.1, 0.15) is 23.2 Å². The number of benzene rings is 2. The van der Waals surface area contributed by atoms with Gasteiger partial charge in [0, 0.05) is 11.6 Å². The largest absolute Gasteiger partial charge is 0.495 e. The quantitative estimate of drug-likeness (QED) is 0.645. The maximum absolute atomic E-state index is 6.57. The van der Waals surface area contributed by atoms with Crippen molar-refractivity contribution in [2.24, 2.45) is 16.5 Å². The number of nitrogens with two attached hydrogens (primary N) is 2. The standard InChI is InChI=1S/C19H19ClN6O/c1-11-23-14-5-3-4-6-15(14)26(11)18-10-17(21)24-19(22,25-18)12-7-8-16(27-2)13(20)9-12/h3-10,25H,22H2,1-2H3,(H2,21,24). The summed E-state index contributed by atoms with van der Waals surface area (Å²) >= 11 is 6.27. The third-order valence-corrected chi connectivity index (χ3v) is 4.77. The highest BCUT2D eigenvalue weighted by molar-refractivity contribution is 6.32. The van der Waals surface area contributed by atoms with E-state index >= 15 is 0 Å². The molecule has 1 aromatic heterocycles. The van der Waals surface area contributed by atoms with Crippen molar-refractivity contribution in [1.29, 1.82) is 0 Å². The maximum Gasteiger partial charge on any atom is 0.212 e. The van der Waals surface area contributed by atoms with E-state index in [1.807, 2.05) is 35.8 Å². The zero-order chi connectivity index (χ0) is 19.2. The Morgan fingerprint density at radius 2 is 2.00 bits per heavy atom. The first-order valence-corrected chi connectivity index (χ1v) is 8.71. The zero-order valence-corrected chi connectivity index (χ0v) is 15.7. The van der Waals surface area contributed by atoms with Gasteiger partial charge < -0.3 is 15.8 Å². The van der Waals surface area contributed by atoms with Gasteiger partial charge in [0.15, 0.2) is 0 Å². The number of methoxy groups -OCH3 is 1. The fraction of sp³-hybridized carbons (Fsp3) is 0.158. The van der Waals surface area contributed by atoms with E-state index < -0.39 is 5.79 Å². The van der Waals surface area contributed by atoms with Gasteiger partial charge in [0.2, 0.25) is 5.79 Å². The van der Waals surface area contributed by atoms with Crippen molar-refractivity contribution < 1.29 is 4.74 Å². The van der Waals surface area contributed by atoms with Gasteiger partial charge in [-0.3, -0.25) is 10.3 Å². The van der Waals surface area contributed by atoms with Crippen LogP contribution in [0, 0.1) is 6.92 Å². The number of nitrogens with one attached hydrogen (secondary N) is 1. The lowest BCUT2D eigenvalue weighted by atomic mass is 10.1. The van der Waals surface area contributed by atoms with Crippen LogP contribution in [0.1, 0.15) is 11.4 Å². The van der Waals surface area contributed by atoms with Gasteiger partial charge in [-0.15, -0.1) is 0 Å². The van der Waals surface area contributed by atoms with E-state index in [2.05, 4.69) is 15.3 Å². The van der Waals surface area contributed by atoms with Crippen LogP contribution >= 0.6 is 11.6 Å². The molecule has 0 fully saturated rings. The van der Waals surface area contributed by atoms with E-state index in [1.54, 1.807) is 31.4 Å². The summed E-state index contributed by atoms with van der Waals surface area (Å²) in [7, 11) is 1.56. The molecule has 2 heterocycles. The van der Waals surface area contributed by atoms with Crippen molar-refractivity contribution in [2.75, 3.05) is 7.11 Å². The number of hydrogen-bond acceptors (Lipinski definition) is 6. The summed E-state index contributed by atoms with van der Waals surface area (Å²) in [5.74, 6) is 1.07. The summed E-state index contributed by atoms with van der Waals surface area (Å²) in [6.45, 7) is 1.92. The molecule has 5 N–H and O–H groups in total. The highest BCUT2D eigenvalue weighted by atomic mass is 35.5. The number of halogens is 1. The van der Waals surface area contributed by atoms with Crippen molar-refractivity contribution in [3.8, 4) is 5.75 Å². The van der Waals surface area contributed by atoms with Gasteiger partial charge in [-0.25, -0.2) is 9.98 Å². The predicted octanol–water partition coefficient (Wildman–Crippen LogP) is 2.53. The number of fused-ring (bicyclic) bond motifs is 1. The normalized spacial score (nSPS) is 19.4. The number of imidazole rings is 1. The minimum atomic E-state index is -1.28. The molecule has 0 saturated heterocycles. The van der Waals surface area contributed by atoms with Gasteiger partial charge >= 0.3 is 0 Å². The first kappa shape index (κ1) is 17.4. The second-order valence-electron chi connectivity index (χ2n) is 6.29. The van der Waals surface area contributed by atoms with Crippen LogP contribution < -0.4 is 21.5 Å². The Balaban J connectivity index is 1.81. The minimum Gasteiger partial charge on any atom is -0.495 e. The number of rotatable bonds is 3. The second-order valence-corrected chi connectivity index (χ2v) is 6.70. The van der Waals surface area contributed by atoms with E-state index in [0.29, 0.717) is 28.0 Å². The van der Waals surface area contributed by atoms with E-state index in [4.69, 9.17) is 27.8 Å². The summed E-state index contributed by atoms with van der Waals surface area (Å²) in [5, 5.41) is 3.71. The third-order valence-electron chi connectivity index (χ3n) is 4.47. The monoisotopic (exact) mass is 382 g/mol. The second kappa shape index (κ2) is 6.29. The Labute approximate surface area is 161 Å². The van der Waals surface area contributed by atoms with Crippen LogP contribution in [0.25, 0.3) is 16.9 Å². The summed E-state index contributed by atoms with van der Waals surface area (Å²) in [6.07, 6.45) is 1.73. The maximum atomic E-state index is 6.57. The van der Waals surface area contributed by atoms with Gasteiger partial charge in [0.25, 0.3) is 0 Å². The lowest BCUT2D eigenvalue weighted by Crippen LogP contribution is -2.52. The Morgan fingerprint density at radius 3 is 2.74 bits per heavy atom. The fourth-order valence-corrected chi connectivity index (χ4v) is 3.50. The van der Waals surface area contributed by atoms with E-state index in [1.165, 1.54) is 0 Å². The van der Waals surface area contributed by atoms with Gasteiger partial charge in [0.05, 0.1) is 23.2 Å². The zero-order valence-electron chi connectivity index (χ0n) is 14.9. The minimum absolute atomic E-state index is 0.301. The van der Waals surface area contributed by atoms with Crippen LogP contribution in [0.3, 0.4) is 0 Å². The number of para-hydroxylation sites is 2. The molecule has 8 heteroatoms. The molecule has 138 valence electrons. The lowest BCUT2D eigenvalue weighted by molar-refractivity contribution is 0.403. The molecule has 1 aliphatic heterocycles. The third kappa shape index (κ3) is 2.90. The smallest absolute Gasteiger partial charge is 0.212 e. The van der Waals surface area contributed by atoms with Gasteiger partial charge in [-0.1, -0.05) is 23.7 Å². The average molecular weight is 383 g/mol. The molecular formula is C19H19ClN6O. The summed E-state index contributed by atoms with van der Waals surface area (Å²) in [5.41, 5.74) is 15.1. The Kier molecular flexibility index (Phi) is 4.05. The topological polar surface area (TPSA) is 103 Å². The molecule has 1 aliphatic rings. The van der Waals surface area contributed by atoms with Crippen LogP contribution in [0.5, 0.6) is 5.75 Å². The molecule has 2 aromatic carbocycles. The van der Waals surface area contributed by atoms with Crippen LogP contribution in [0.15, 0.2) is 53.5 Å². The first-order valence-electron chi connectivity index (χ1n) is 8.34. The number of hydrogen-bond donors (Lipinski definition) is 3. The van der Waals surface area contributed by atoms with Crippen molar-refractivity contribution in [2.45, 2.75) is 12.7 Å². The van der Waals surface area contributed by atoms with Crippen molar-refractivity contribution >= 4 is 34.3 Å². The molecule has 0 bridgehead atoms. The molecule has 0 spiro atoms. The fourth-order valence-electron chi connectivity index (χ4n) is 3.25. The van der Waals surface area contributed by atoms with Gasteiger partial charge in [-0.05, 0) is 37.3 Å². The summed E-state index contributed by atoms with van der Waals surface area (Å²) < 4.78 is 7.17. The Morgan fingerprint density at radius 1 is 1.22 bits per heavy atom. The summed E-state index contributed by atoms with van der Waals surface area (Å²) in [6, 6.07) is 13.1. The molecule has 0 saturated carbocycles. The molecule has 0 radical (unpaired) electrons. The van der Waals surface area contributed by atoms with Crippen LogP contribution in [-0.4, -0.2) is 22.5 Å². The molecular weight excluding hydrogens is 364 g/mol. The number of aromatic nitrogens is 2. The number of amidine groups is 1. The van der Waals surface area contributed by atoms with Crippen LogP contribution in [-0.2, 0) is 5.79 Å². The van der Waals surface area contributed by atoms with E-state index in [0.717, 1.165) is 16.9 Å². The average Bonchev–Trinajstić information content (AvgIpc) is 2.96. The molecule has 1 unspecified atom stereocenters. The number of nitrogens with zero attached hydrogens (tertiary/aromatic N) is 3. The van der Waals surface area contributed by atoms with E-state index in [-0.39, 0.29) is 0 Å². The first-order chi connectivity index (χ1) is 12.9. The van der Waals surface area contributed by atoms with Gasteiger partial charge in [-0.2, -0.15) is 0 Å². The Hall–Kier alpha value is -3.03. The molecule has 0 amide bonds. The highest BCUT2D eigenvalue weighted by Gasteiger charge is 2.32. The SMILES string of the molecule is COc1ccc(C2(N)N=C(N)C=C(n3c(C)nc4ccccc43)N2)cc1Cl. The molecule has 27 heavy (non-hydrogen) atoms. The van der Waals surface area contributed by atoms with E-state index in [9.17, 15) is 0 Å². The number of aliphatic imine (C=N–C) groups is 1. The Bertz CT molecular complexity index is 1100. The van der Waals surface area contributed by atoms with Crippen molar-refractivity contribution in [1.82, 2.24) is 14.9 Å². The van der Waals surface area contributed by atoms with Crippen LogP contribution in [0.4, 0.5) is 0 Å². The van der Waals surface area contributed by atoms with Crippen LogP contribution in [0.2, 0.25) is 5.02 Å². The molecule has 3 aromatic rings. The molecule has 0 aliphatic carbocycles. The predicted molar refractivity (Wildman–Crippen MR) is 107 cm³/mol. The number of ether oxygens (including phenoxy) is 1. The van der Waals surface area contributed by atoms with Crippen molar-refractivity contribution in [3.05, 3.63) is 65.0 Å². The van der Waals surface area contributed by atoms with Crippen molar-refractivity contribution in [3.63, 3.8) is 0 Å². The summed E-state index contributed by atoms with van der Waals surface area (Å²) in [4.78, 5) is 9.00.